The number of phosphoric acid groups is 1. The van der Waals surface area contributed by atoms with Gasteiger partial charge in [0, 0.05) is 6.42 Å². The van der Waals surface area contributed by atoms with E-state index in [9.17, 15) is 19.4 Å². The Hall–Kier alpha value is -0.500. The van der Waals surface area contributed by atoms with Crippen molar-refractivity contribution in [2.45, 2.75) is 174 Å². The lowest BCUT2D eigenvalue weighted by molar-refractivity contribution is -0.870. The highest BCUT2D eigenvalue weighted by atomic mass is 31.2. The second-order valence-corrected chi connectivity index (χ2v) is 15.0. The molecular formula is C34H71N2O6P. The van der Waals surface area contributed by atoms with E-state index in [0.29, 0.717) is 23.9 Å². The molecule has 0 aliphatic carbocycles. The van der Waals surface area contributed by atoms with E-state index in [4.69, 9.17) is 9.05 Å². The fourth-order valence-corrected chi connectivity index (χ4v) is 5.88. The van der Waals surface area contributed by atoms with Crippen molar-refractivity contribution >= 4 is 13.7 Å². The summed E-state index contributed by atoms with van der Waals surface area (Å²) in [4.78, 5) is 24.9. The number of hydrogen-bond acceptors (Lipinski definition) is 6. The standard InChI is InChI=1S/C34H71N2O6P/c1-6-8-10-12-14-15-16-17-18-19-20-21-22-23-25-27-33(37)32(35-34(38)28-26-24-13-11-9-7-2)31-42-43(39,40)41-30-29-36(3,4)5/h32-33,37H,6-31H2,1-5H3,(H-,35,38,39,40). The number of carbonyl (C=O) groups excluding carboxylic acids is 1. The number of phosphoric ester groups is 1. The molecule has 258 valence electrons. The Labute approximate surface area is 266 Å². The second kappa shape index (κ2) is 27.8. The van der Waals surface area contributed by atoms with E-state index < -0.39 is 20.0 Å². The van der Waals surface area contributed by atoms with Crippen molar-refractivity contribution < 1.29 is 32.9 Å². The quantitative estimate of drug-likeness (QED) is 0.0440. The molecule has 0 aliphatic heterocycles. The molecule has 0 saturated heterocycles. The van der Waals surface area contributed by atoms with Gasteiger partial charge in [0.25, 0.3) is 7.82 Å². The summed E-state index contributed by atoms with van der Waals surface area (Å²) in [7, 11) is 1.31. The van der Waals surface area contributed by atoms with Gasteiger partial charge in [-0.1, -0.05) is 142 Å². The van der Waals surface area contributed by atoms with Gasteiger partial charge < -0.3 is 28.8 Å². The Kier molecular flexibility index (Phi) is 27.5. The molecule has 0 aliphatic rings. The molecule has 0 saturated carbocycles. The monoisotopic (exact) mass is 635 g/mol. The van der Waals surface area contributed by atoms with Crippen LogP contribution in [0.3, 0.4) is 0 Å². The van der Waals surface area contributed by atoms with Crippen LogP contribution in [0.25, 0.3) is 0 Å². The number of hydrogen-bond donors (Lipinski definition) is 2. The lowest BCUT2D eigenvalue weighted by atomic mass is 10.0. The summed E-state index contributed by atoms with van der Waals surface area (Å²) >= 11 is 0. The average molecular weight is 635 g/mol. The van der Waals surface area contributed by atoms with Gasteiger partial charge >= 0.3 is 0 Å². The Morgan fingerprint density at radius 2 is 1.14 bits per heavy atom. The minimum atomic E-state index is -4.54. The van der Waals surface area contributed by atoms with E-state index in [2.05, 4.69) is 19.2 Å². The van der Waals surface area contributed by atoms with Crippen LogP contribution in [-0.4, -0.2) is 68.5 Å². The number of aliphatic hydroxyl groups is 1. The van der Waals surface area contributed by atoms with Crippen LogP contribution in [0.15, 0.2) is 0 Å². The van der Waals surface area contributed by atoms with Crippen molar-refractivity contribution in [3.63, 3.8) is 0 Å². The number of amides is 1. The van der Waals surface area contributed by atoms with Crippen molar-refractivity contribution in [3.05, 3.63) is 0 Å². The van der Waals surface area contributed by atoms with E-state index in [1.54, 1.807) is 0 Å². The summed E-state index contributed by atoms with van der Waals surface area (Å²) in [6.07, 6.45) is 25.5. The van der Waals surface area contributed by atoms with Gasteiger partial charge in [-0.25, -0.2) is 0 Å². The Morgan fingerprint density at radius 1 is 0.721 bits per heavy atom. The largest absolute Gasteiger partial charge is 0.756 e. The molecule has 0 aromatic heterocycles. The molecule has 9 heteroatoms. The van der Waals surface area contributed by atoms with Crippen LogP contribution in [0, 0.1) is 0 Å². The first-order valence-electron chi connectivity index (χ1n) is 17.9. The number of likely N-dealkylation sites (N-methyl/N-ethyl adjacent to an activating group) is 1. The molecule has 0 bridgehead atoms. The van der Waals surface area contributed by atoms with E-state index in [0.717, 1.165) is 38.5 Å². The molecule has 0 aromatic carbocycles. The van der Waals surface area contributed by atoms with Gasteiger partial charge in [-0.3, -0.25) is 9.36 Å². The van der Waals surface area contributed by atoms with Crippen LogP contribution in [0.1, 0.15) is 162 Å². The summed E-state index contributed by atoms with van der Waals surface area (Å²) in [5.74, 6) is -0.175. The first-order valence-corrected chi connectivity index (χ1v) is 19.3. The highest BCUT2D eigenvalue weighted by Gasteiger charge is 2.24. The molecule has 3 atom stereocenters. The summed E-state index contributed by atoms with van der Waals surface area (Å²) in [5.41, 5.74) is 0. The summed E-state index contributed by atoms with van der Waals surface area (Å²) in [6.45, 7) is 4.64. The van der Waals surface area contributed by atoms with Gasteiger partial charge in [0.05, 0.1) is 39.9 Å². The van der Waals surface area contributed by atoms with Gasteiger partial charge in [-0.15, -0.1) is 0 Å². The molecule has 1 amide bonds. The fourth-order valence-electron chi connectivity index (χ4n) is 5.16. The number of nitrogens with zero attached hydrogens (tertiary/aromatic N) is 1. The molecule has 0 spiro atoms. The zero-order valence-corrected chi connectivity index (χ0v) is 29.8. The molecule has 3 unspecified atom stereocenters. The maximum Gasteiger partial charge on any atom is 0.268 e. The maximum absolute atomic E-state index is 12.6. The number of carbonyl (C=O) groups is 1. The van der Waals surface area contributed by atoms with Crippen LogP contribution in [-0.2, 0) is 18.4 Å². The molecule has 0 rings (SSSR count). The highest BCUT2D eigenvalue weighted by Crippen LogP contribution is 2.38. The highest BCUT2D eigenvalue weighted by molar-refractivity contribution is 7.45. The van der Waals surface area contributed by atoms with E-state index in [1.165, 1.54) is 96.3 Å². The Bertz CT molecular complexity index is 688. The van der Waals surface area contributed by atoms with E-state index in [-0.39, 0.29) is 19.1 Å². The normalized spacial score (nSPS) is 14.9. The van der Waals surface area contributed by atoms with Crippen molar-refractivity contribution in [2.75, 3.05) is 40.9 Å². The lowest BCUT2D eigenvalue weighted by Crippen LogP contribution is -2.46. The van der Waals surface area contributed by atoms with Gasteiger partial charge in [-0.2, -0.15) is 0 Å². The first-order chi connectivity index (χ1) is 20.5. The van der Waals surface area contributed by atoms with E-state index >= 15 is 0 Å². The Balaban J connectivity index is 4.37. The molecular weight excluding hydrogens is 563 g/mol. The molecule has 43 heavy (non-hydrogen) atoms. The number of aliphatic hydroxyl groups excluding tert-OH is 1. The van der Waals surface area contributed by atoms with Crippen molar-refractivity contribution in [1.29, 1.82) is 0 Å². The summed E-state index contributed by atoms with van der Waals surface area (Å²) in [5, 5.41) is 13.7. The molecule has 0 fully saturated rings. The zero-order valence-electron chi connectivity index (χ0n) is 28.9. The number of unbranched alkanes of at least 4 members (excludes halogenated alkanes) is 19. The van der Waals surface area contributed by atoms with Crippen LogP contribution >= 0.6 is 7.82 Å². The number of rotatable bonds is 32. The third-order valence-corrected chi connectivity index (χ3v) is 9.06. The van der Waals surface area contributed by atoms with Crippen LogP contribution in [0.2, 0.25) is 0 Å². The first kappa shape index (κ1) is 42.5. The van der Waals surface area contributed by atoms with Crippen molar-refractivity contribution in [1.82, 2.24) is 5.32 Å². The zero-order chi connectivity index (χ0) is 32.2. The fraction of sp³-hybridized carbons (Fsp3) is 0.971. The number of quaternary nitrogens is 1. The van der Waals surface area contributed by atoms with Gasteiger partial charge in [0.15, 0.2) is 0 Å². The van der Waals surface area contributed by atoms with Crippen molar-refractivity contribution in [2.24, 2.45) is 0 Å². The molecule has 0 heterocycles. The summed E-state index contributed by atoms with van der Waals surface area (Å²) < 4.78 is 23.0. The topological polar surface area (TPSA) is 108 Å². The van der Waals surface area contributed by atoms with Crippen molar-refractivity contribution in [3.8, 4) is 0 Å². The van der Waals surface area contributed by atoms with Crippen LogP contribution in [0.5, 0.6) is 0 Å². The van der Waals surface area contributed by atoms with Crippen LogP contribution in [0.4, 0.5) is 0 Å². The lowest BCUT2D eigenvalue weighted by Gasteiger charge is -2.30. The predicted octanol–water partition coefficient (Wildman–Crippen LogP) is 8.05. The Morgan fingerprint density at radius 3 is 1.58 bits per heavy atom. The number of nitrogens with one attached hydrogen (secondary N) is 1. The molecule has 2 N–H and O–H groups in total. The third kappa shape index (κ3) is 29.9. The smallest absolute Gasteiger partial charge is 0.268 e. The van der Waals surface area contributed by atoms with Gasteiger partial charge in [0.1, 0.15) is 13.2 Å². The summed E-state index contributed by atoms with van der Waals surface area (Å²) in [6, 6.07) is -0.788. The average Bonchev–Trinajstić information content (AvgIpc) is 2.94. The molecule has 0 aromatic rings. The predicted molar refractivity (Wildman–Crippen MR) is 178 cm³/mol. The minimum absolute atomic E-state index is 0.0149. The van der Waals surface area contributed by atoms with E-state index in [1.807, 2.05) is 21.1 Å². The van der Waals surface area contributed by atoms with Gasteiger partial charge in [0.2, 0.25) is 5.91 Å². The SMILES string of the molecule is CCCCCCCCCCCCCCCCCC(O)C(COP(=O)([O-])OCC[N+](C)(C)C)NC(=O)CCCCCCCC. The molecule has 8 nitrogen and oxygen atoms in total. The molecule has 0 radical (unpaired) electrons. The van der Waals surface area contributed by atoms with Gasteiger partial charge in [-0.05, 0) is 12.8 Å². The third-order valence-electron chi connectivity index (χ3n) is 8.10. The minimum Gasteiger partial charge on any atom is -0.756 e. The second-order valence-electron chi connectivity index (χ2n) is 13.6. The maximum atomic E-state index is 12.6. The van der Waals surface area contributed by atoms with Crippen LogP contribution < -0.4 is 10.2 Å².